The number of hydrogen-bond donors (Lipinski definition) is 1. The van der Waals surface area contributed by atoms with Crippen molar-refractivity contribution >= 4 is 0 Å². The van der Waals surface area contributed by atoms with Crippen molar-refractivity contribution in [3.05, 3.63) is 36.2 Å². The van der Waals surface area contributed by atoms with Gasteiger partial charge >= 0.3 is 0 Å². The number of pyridine rings is 1. The monoisotopic (exact) mass is 220 g/mol. The van der Waals surface area contributed by atoms with Crippen LogP contribution in [-0.2, 0) is 0 Å². The van der Waals surface area contributed by atoms with E-state index in [0.29, 0.717) is 12.5 Å². The lowest BCUT2D eigenvalue weighted by atomic mass is 10.4. The quantitative estimate of drug-likeness (QED) is 0.859. The minimum atomic E-state index is 0. The fraction of sp³-hybridized carbons (Fsp3) is 0.273. The summed E-state index contributed by atoms with van der Waals surface area (Å²) in [5, 5.41) is 4.28. The van der Waals surface area contributed by atoms with Gasteiger partial charge < -0.3 is 10.9 Å². The van der Waals surface area contributed by atoms with Crippen LogP contribution in [0.5, 0.6) is 5.88 Å². The molecule has 0 aliphatic carbocycles. The third-order valence-corrected chi connectivity index (χ3v) is 1.96. The lowest BCUT2D eigenvalue weighted by molar-refractivity contribution is 0.326. The lowest BCUT2D eigenvalue weighted by Crippen LogP contribution is -2.01. The number of aryl methyl sites for hydroxylation is 1. The minimum Gasteiger partial charge on any atom is -0.478 e. The Balaban J connectivity index is 0.00000128. The van der Waals surface area contributed by atoms with E-state index in [1.807, 2.05) is 44.3 Å². The molecule has 5 heteroatoms. The van der Waals surface area contributed by atoms with Crippen LogP contribution in [-0.4, -0.2) is 21.4 Å². The molecule has 0 atom stereocenters. The third kappa shape index (κ3) is 2.58. The summed E-state index contributed by atoms with van der Waals surface area (Å²) in [6.45, 7) is 4.50. The van der Waals surface area contributed by atoms with E-state index in [0.717, 1.165) is 11.5 Å². The maximum Gasteiger partial charge on any atom is 0.215 e. The summed E-state index contributed by atoms with van der Waals surface area (Å²) in [7, 11) is 0. The molecule has 0 saturated heterocycles. The molecule has 0 aromatic carbocycles. The van der Waals surface area contributed by atoms with Crippen LogP contribution < -0.4 is 10.9 Å². The van der Waals surface area contributed by atoms with E-state index in [1.54, 1.807) is 4.68 Å². The summed E-state index contributed by atoms with van der Waals surface area (Å²) in [5.74, 6) is 1.40. The molecule has 0 saturated carbocycles. The summed E-state index contributed by atoms with van der Waals surface area (Å²) < 4.78 is 7.06. The second-order valence-electron chi connectivity index (χ2n) is 3.17. The second kappa shape index (κ2) is 5.27. The Morgan fingerprint density at radius 1 is 1.31 bits per heavy atom. The molecule has 16 heavy (non-hydrogen) atoms. The number of nitrogens with zero attached hydrogens (tertiary/aromatic N) is 3. The van der Waals surface area contributed by atoms with Crippen molar-refractivity contribution in [2.45, 2.75) is 13.8 Å². The van der Waals surface area contributed by atoms with Gasteiger partial charge in [0.25, 0.3) is 0 Å². The zero-order valence-corrected chi connectivity index (χ0v) is 9.55. The van der Waals surface area contributed by atoms with Crippen LogP contribution >= 0.6 is 0 Å². The molecule has 2 aromatic heterocycles. The average Bonchev–Trinajstić information content (AvgIpc) is 2.66. The van der Waals surface area contributed by atoms with E-state index in [1.165, 1.54) is 0 Å². The van der Waals surface area contributed by atoms with Gasteiger partial charge in [0.2, 0.25) is 5.88 Å². The van der Waals surface area contributed by atoms with E-state index < -0.39 is 0 Å². The predicted molar refractivity (Wildman–Crippen MR) is 62.3 cm³/mol. The Labute approximate surface area is 94.7 Å². The summed E-state index contributed by atoms with van der Waals surface area (Å²) in [4.78, 5) is 4.32. The Hall–Kier alpha value is -1.88. The second-order valence-corrected chi connectivity index (χ2v) is 3.17. The van der Waals surface area contributed by atoms with Gasteiger partial charge in [-0.25, -0.2) is 4.68 Å². The van der Waals surface area contributed by atoms with Crippen LogP contribution in [0, 0.1) is 6.92 Å². The highest BCUT2D eigenvalue weighted by Gasteiger charge is 2.01. The molecule has 0 amide bonds. The van der Waals surface area contributed by atoms with Crippen molar-refractivity contribution in [1.29, 1.82) is 0 Å². The molecular weight excluding hydrogens is 204 g/mol. The molecule has 86 valence electrons. The van der Waals surface area contributed by atoms with Gasteiger partial charge in [0.1, 0.15) is 0 Å². The van der Waals surface area contributed by atoms with Crippen LogP contribution in [0.4, 0.5) is 0 Å². The Morgan fingerprint density at radius 3 is 2.75 bits per heavy atom. The maximum absolute atomic E-state index is 5.32. The zero-order valence-electron chi connectivity index (χ0n) is 9.55. The molecule has 0 spiro atoms. The zero-order chi connectivity index (χ0) is 10.7. The first-order chi connectivity index (χ1) is 7.29. The number of aromatic nitrogens is 3. The highest BCUT2D eigenvalue weighted by Crippen LogP contribution is 2.10. The Morgan fingerprint density at radius 2 is 2.12 bits per heavy atom. The maximum atomic E-state index is 5.32. The van der Waals surface area contributed by atoms with Crippen LogP contribution in [0.1, 0.15) is 12.6 Å². The molecule has 0 bridgehead atoms. The number of rotatable bonds is 3. The van der Waals surface area contributed by atoms with Crippen LogP contribution in [0.15, 0.2) is 30.5 Å². The SMILES string of the molecule is CCOc1cccc(-n2ccc(C)n2)n1.N. The number of hydrogen-bond acceptors (Lipinski definition) is 4. The molecule has 5 nitrogen and oxygen atoms in total. The van der Waals surface area contributed by atoms with Crippen molar-refractivity contribution in [1.82, 2.24) is 20.9 Å². The first kappa shape index (κ1) is 12.2. The lowest BCUT2D eigenvalue weighted by Gasteiger charge is -2.04. The van der Waals surface area contributed by atoms with Crippen molar-refractivity contribution in [2.75, 3.05) is 6.61 Å². The van der Waals surface area contributed by atoms with E-state index in [9.17, 15) is 0 Å². The summed E-state index contributed by atoms with van der Waals surface area (Å²) >= 11 is 0. The fourth-order valence-corrected chi connectivity index (χ4v) is 1.30. The molecule has 2 heterocycles. The summed E-state index contributed by atoms with van der Waals surface area (Å²) in [5.41, 5.74) is 0.971. The minimum absolute atomic E-state index is 0. The van der Waals surface area contributed by atoms with Gasteiger partial charge in [-0.2, -0.15) is 10.1 Å². The molecule has 0 radical (unpaired) electrons. The molecule has 0 aliphatic rings. The first-order valence-electron chi connectivity index (χ1n) is 4.92. The van der Waals surface area contributed by atoms with E-state index in [4.69, 9.17) is 4.74 Å². The smallest absolute Gasteiger partial charge is 0.215 e. The average molecular weight is 220 g/mol. The molecule has 3 N–H and O–H groups in total. The molecular formula is C11H16N4O. The molecule has 2 rings (SSSR count). The largest absolute Gasteiger partial charge is 0.478 e. The summed E-state index contributed by atoms with van der Waals surface area (Å²) in [6, 6.07) is 7.58. The van der Waals surface area contributed by atoms with Crippen LogP contribution in [0.2, 0.25) is 0 Å². The van der Waals surface area contributed by atoms with Crippen molar-refractivity contribution in [3.63, 3.8) is 0 Å². The normalized spacial score (nSPS) is 9.62. The molecule has 2 aromatic rings. The first-order valence-corrected chi connectivity index (χ1v) is 4.92. The van der Waals surface area contributed by atoms with E-state index in [2.05, 4.69) is 10.1 Å². The summed E-state index contributed by atoms with van der Waals surface area (Å²) in [6.07, 6.45) is 1.88. The van der Waals surface area contributed by atoms with Crippen molar-refractivity contribution in [3.8, 4) is 11.7 Å². The van der Waals surface area contributed by atoms with E-state index in [-0.39, 0.29) is 6.15 Å². The highest BCUT2D eigenvalue weighted by molar-refractivity contribution is 5.26. The fourth-order valence-electron chi connectivity index (χ4n) is 1.30. The molecule has 0 unspecified atom stereocenters. The van der Waals surface area contributed by atoms with Gasteiger partial charge in [-0.05, 0) is 26.0 Å². The highest BCUT2D eigenvalue weighted by atomic mass is 16.5. The van der Waals surface area contributed by atoms with Crippen LogP contribution in [0.25, 0.3) is 5.82 Å². The standard InChI is InChI=1S/C11H13N3O.H3N/c1-3-15-11-6-4-5-10(12-11)14-8-7-9(2)13-14;/h4-8H,3H2,1-2H3;1H3. The molecule has 0 aliphatic heterocycles. The van der Waals surface area contributed by atoms with Crippen LogP contribution in [0.3, 0.4) is 0 Å². The van der Waals surface area contributed by atoms with Crippen molar-refractivity contribution in [2.24, 2.45) is 0 Å². The van der Waals surface area contributed by atoms with Gasteiger partial charge in [-0.1, -0.05) is 6.07 Å². The van der Waals surface area contributed by atoms with Gasteiger partial charge in [0.05, 0.1) is 12.3 Å². The number of ether oxygens (including phenoxy) is 1. The Kier molecular flexibility index (Phi) is 4.02. The predicted octanol–water partition coefficient (Wildman–Crippen LogP) is 2.14. The van der Waals surface area contributed by atoms with Gasteiger partial charge in [0, 0.05) is 12.3 Å². The van der Waals surface area contributed by atoms with Gasteiger partial charge in [-0.3, -0.25) is 0 Å². The van der Waals surface area contributed by atoms with Gasteiger partial charge in [-0.15, -0.1) is 0 Å². The third-order valence-electron chi connectivity index (χ3n) is 1.96. The molecule has 0 fully saturated rings. The van der Waals surface area contributed by atoms with Crippen molar-refractivity contribution < 1.29 is 4.74 Å². The van der Waals surface area contributed by atoms with Gasteiger partial charge in [0.15, 0.2) is 5.82 Å². The Bertz CT molecular complexity index is 453. The topological polar surface area (TPSA) is 74.9 Å². The van der Waals surface area contributed by atoms with E-state index >= 15 is 0 Å².